The van der Waals surface area contributed by atoms with Crippen LogP contribution >= 0.6 is 0 Å². The van der Waals surface area contributed by atoms with E-state index >= 15 is 0 Å². The number of rotatable bonds is 5. The third kappa shape index (κ3) is 4.87. The SMILES string of the molecule is Cc1nc(N2CCC(COc3ccnc(C(N)=O)c3)CC2)cc(C(F)(F)F)n1. The molecule has 3 heterocycles. The number of carbonyl (C=O) groups is 1. The summed E-state index contributed by atoms with van der Waals surface area (Å²) in [4.78, 5) is 24.5. The van der Waals surface area contributed by atoms with Crippen LogP contribution in [0.2, 0.25) is 0 Å². The van der Waals surface area contributed by atoms with Crippen molar-refractivity contribution in [2.75, 3.05) is 24.6 Å². The molecular weight excluding hydrogens is 375 g/mol. The van der Waals surface area contributed by atoms with Crippen molar-refractivity contribution in [2.24, 2.45) is 11.7 Å². The zero-order chi connectivity index (χ0) is 20.3. The van der Waals surface area contributed by atoms with Gasteiger partial charge in [0.15, 0.2) is 0 Å². The number of aromatic nitrogens is 3. The molecule has 0 atom stereocenters. The van der Waals surface area contributed by atoms with Crippen LogP contribution in [0.25, 0.3) is 0 Å². The summed E-state index contributed by atoms with van der Waals surface area (Å²) in [7, 11) is 0. The van der Waals surface area contributed by atoms with Gasteiger partial charge in [-0.3, -0.25) is 9.78 Å². The quantitative estimate of drug-likeness (QED) is 0.836. The third-order valence-corrected chi connectivity index (χ3v) is 4.52. The predicted octanol–water partition coefficient (Wildman–Crippen LogP) is 2.59. The number of primary amides is 1. The number of alkyl halides is 3. The van der Waals surface area contributed by atoms with E-state index in [2.05, 4.69) is 15.0 Å². The Morgan fingerprint density at radius 1 is 1.29 bits per heavy atom. The smallest absolute Gasteiger partial charge is 0.433 e. The summed E-state index contributed by atoms with van der Waals surface area (Å²) >= 11 is 0. The van der Waals surface area contributed by atoms with Gasteiger partial charge in [0.25, 0.3) is 5.91 Å². The van der Waals surface area contributed by atoms with Crippen molar-refractivity contribution in [1.29, 1.82) is 0 Å². The fourth-order valence-corrected chi connectivity index (χ4v) is 3.04. The molecule has 2 aromatic rings. The zero-order valence-electron chi connectivity index (χ0n) is 15.2. The predicted molar refractivity (Wildman–Crippen MR) is 95.0 cm³/mol. The minimum Gasteiger partial charge on any atom is -0.493 e. The molecule has 1 saturated heterocycles. The van der Waals surface area contributed by atoms with Gasteiger partial charge in [-0.2, -0.15) is 13.2 Å². The number of carbonyl (C=O) groups excluding carboxylic acids is 1. The van der Waals surface area contributed by atoms with E-state index in [0.29, 0.717) is 31.3 Å². The van der Waals surface area contributed by atoms with Gasteiger partial charge < -0.3 is 15.4 Å². The third-order valence-electron chi connectivity index (χ3n) is 4.52. The second-order valence-electron chi connectivity index (χ2n) is 6.64. The summed E-state index contributed by atoms with van der Waals surface area (Å²) in [6, 6.07) is 4.12. The van der Waals surface area contributed by atoms with Crippen LogP contribution in [0.3, 0.4) is 0 Å². The van der Waals surface area contributed by atoms with E-state index in [1.165, 1.54) is 19.2 Å². The second kappa shape index (κ2) is 7.99. The first-order chi connectivity index (χ1) is 13.2. The van der Waals surface area contributed by atoms with Gasteiger partial charge in [-0.25, -0.2) is 9.97 Å². The fourth-order valence-electron chi connectivity index (χ4n) is 3.04. The number of nitrogens with two attached hydrogens (primary N) is 1. The van der Waals surface area contributed by atoms with E-state index in [9.17, 15) is 18.0 Å². The van der Waals surface area contributed by atoms with Crippen molar-refractivity contribution in [2.45, 2.75) is 25.9 Å². The van der Waals surface area contributed by atoms with Crippen LogP contribution in [0, 0.1) is 12.8 Å². The number of pyridine rings is 1. The Labute approximate surface area is 159 Å². The van der Waals surface area contributed by atoms with Crippen molar-refractivity contribution in [1.82, 2.24) is 15.0 Å². The normalized spacial score (nSPS) is 15.5. The first kappa shape index (κ1) is 19.8. The summed E-state index contributed by atoms with van der Waals surface area (Å²) in [5.41, 5.74) is 4.40. The average molecular weight is 395 g/mol. The molecule has 0 saturated carbocycles. The Hall–Kier alpha value is -2.91. The van der Waals surface area contributed by atoms with Crippen LogP contribution < -0.4 is 15.4 Å². The number of piperidine rings is 1. The molecule has 3 rings (SSSR count). The molecule has 1 fully saturated rings. The van der Waals surface area contributed by atoms with Crippen molar-refractivity contribution in [3.05, 3.63) is 41.6 Å². The van der Waals surface area contributed by atoms with Gasteiger partial charge in [-0.15, -0.1) is 0 Å². The molecule has 0 aromatic carbocycles. The molecule has 1 amide bonds. The molecule has 2 aromatic heterocycles. The maximum atomic E-state index is 13.0. The Kier molecular flexibility index (Phi) is 5.66. The molecule has 0 radical (unpaired) electrons. The molecule has 0 unspecified atom stereocenters. The lowest BCUT2D eigenvalue weighted by molar-refractivity contribution is -0.141. The topological polar surface area (TPSA) is 94.2 Å². The molecule has 1 aliphatic rings. The Bertz CT molecular complexity index is 851. The van der Waals surface area contributed by atoms with Gasteiger partial charge in [0.05, 0.1) is 6.61 Å². The summed E-state index contributed by atoms with van der Waals surface area (Å²) < 4.78 is 44.6. The molecule has 1 aliphatic heterocycles. The Balaban J connectivity index is 1.57. The van der Waals surface area contributed by atoms with Crippen LogP contribution in [-0.4, -0.2) is 40.6 Å². The molecule has 0 bridgehead atoms. The number of aryl methyl sites for hydroxylation is 1. The number of hydrogen-bond donors (Lipinski definition) is 1. The van der Waals surface area contributed by atoms with E-state index in [-0.39, 0.29) is 17.4 Å². The van der Waals surface area contributed by atoms with Gasteiger partial charge >= 0.3 is 6.18 Å². The van der Waals surface area contributed by atoms with Gasteiger partial charge in [0.1, 0.15) is 28.8 Å². The van der Waals surface area contributed by atoms with Crippen LogP contribution in [0.4, 0.5) is 19.0 Å². The largest absolute Gasteiger partial charge is 0.493 e. The van der Waals surface area contributed by atoms with E-state index in [1.54, 1.807) is 6.07 Å². The molecule has 7 nitrogen and oxygen atoms in total. The number of hydrogen-bond acceptors (Lipinski definition) is 6. The molecule has 28 heavy (non-hydrogen) atoms. The minimum absolute atomic E-state index is 0.0956. The Morgan fingerprint density at radius 2 is 2.00 bits per heavy atom. The first-order valence-electron chi connectivity index (χ1n) is 8.79. The number of halogens is 3. The number of ether oxygens (including phenoxy) is 1. The maximum absolute atomic E-state index is 13.0. The maximum Gasteiger partial charge on any atom is 0.433 e. The summed E-state index contributed by atoms with van der Waals surface area (Å²) in [6.07, 6.45) is -1.55. The lowest BCUT2D eigenvalue weighted by Crippen LogP contribution is -2.36. The minimum atomic E-state index is -4.50. The van der Waals surface area contributed by atoms with Crippen molar-refractivity contribution < 1.29 is 22.7 Å². The van der Waals surface area contributed by atoms with E-state index in [1.807, 2.05) is 4.90 Å². The van der Waals surface area contributed by atoms with Crippen molar-refractivity contribution in [3.8, 4) is 5.75 Å². The van der Waals surface area contributed by atoms with E-state index < -0.39 is 17.8 Å². The Morgan fingerprint density at radius 3 is 2.64 bits per heavy atom. The van der Waals surface area contributed by atoms with E-state index in [0.717, 1.165) is 18.9 Å². The van der Waals surface area contributed by atoms with Crippen LogP contribution in [0.15, 0.2) is 24.4 Å². The van der Waals surface area contributed by atoms with E-state index in [4.69, 9.17) is 10.5 Å². The van der Waals surface area contributed by atoms with Crippen molar-refractivity contribution in [3.63, 3.8) is 0 Å². The molecule has 10 heteroatoms. The van der Waals surface area contributed by atoms with Gasteiger partial charge in [-0.05, 0) is 31.7 Å². The van der Waals surface area contributed by atoms with Crippen LogP contribution in [-0.2, 0) is 6.18 Å². The van der Waals surface area contributed by atoms with Crippen LogP contribution in [0.1, 0.15) is 34.8 Å². The van der Waals surface area contributed by atoms with Gasteiger partial charge in [0.2, 0.25) is 0 Å². The van der Waals surface area contributed by atoms with Gasteiger partial charge in [0, 0.05) is 31.4 Å². The zero-order valence-corrected chi connectivity index (χ0v) is 15.2. The molecular formula is C18H20F3N5O2. The second-order valence-corrected chi connectivity index (χ2v) is 6.64. The molecule has 0 aliphatic carbocycles. The molecule has 150 valence electrons. The lowest BCUT2D eigenvalue weighted by Gasteiger charge is -2.33. The standard InChI is InChI=1S/C18H20F3N5O2/c1-11-24-15(18(19,20)21)9-16(25-11)26-6-3-12(4-7-26)10-28-13-2-5-23-14(8-13)17(22)27/h2,5,8-9,12H,3-4,6-7,10H2,1H3,(H2,22,27). The van der Waals surface area contributed by atoms with Gasteiger partial charge in [-0.1, -0.05) is 0 Å². The monoisotopic (exact) mass is 395 g/mol. The highest BCUT2D eigenvalue weighted by Gasteiger charge is 2.34. The highest BCUT2D eigenvalue weighted by molar-refractivity contribution is 5.91. The number of nitrogens with zero attached hydrogens (tertiary/aromatic N) is 4. The first-order valence-corrected chi connectivity index (χ1v) is 8.79. The summed E-state index contributed by atoms with van der Waals surface area (Å²) in [5.74, 6) is 0.508. The fraction of sp³-hybridized carbons (Fsp3) is 0.444. The summed E-state index contributed by atoms with van der Waals surface area (Å²) in [5, 5.41) is 0. The number of amides is 1. The van der Waals surface area contributed by atoms with Crippen LogP contribution in [0.5, 0.6) is 5.75 Å². The molecule has 2 N–H and O–H groups in total. The lowest BCUT2D eigenvalue weighted by atomic mass is 9.98. The average Bonchev–Trinajstić information content (AvgIpc) is 2.66. The molecule has 0 spiro atoms. The highest BCUT2D eigenvalue weighted by atomic mass is 19.4. The van der Waals surface area contributed by atoms with Crippen molar-refractivity contribution >= 4 is 11.7 Å². The summed E-state index contributed by atoms with van der Waals surface area (Å²) in [6.45, 7) is 3.04. The highest BCUT2D eigenvalue weighted by Crippen LogP contribution is 2.31. The number of anilines is 1.